The summed E-state index contributed by atoms with van der Waals surface area (Å²) in [5.41, 5.74) is 1.16. The van der Waals surface area contributed by atoms with Gasteiger partial charge in [-0.1, -0.05) is 6.07 Å². The average molecular weight is 248 g/mol. The summed E-state index contributed by atoms with van der Waals surface area (Å²) in [5, 5.41) is 3.46. The number of fused-ring (bicyclic) bond motifs is 1. The second-order valence-electron chi connectivity index (χ2n) is 5.15. The van der Waals surface area contributed by atoms with Crippen LogP contribution in [-0.2, 0) is 0 Å². The number of anilines is 1. The molecule has 0 radical (unpaired) electrons. The van der Waals surface area contributed by atoms with Crippen molar-refractivity contribution in [2.24, 2.45) is 0 Å². The van der Waals surface area contributed by atoms with Crippen LogP contribution in [0.2, 0.25) is 0 Å². The first-order valence-corrected chi connectivity index (χ1v) is 6.65. The van der Waals surface area contributed by atoms with E-state index in [1.54, 1.807) is 0 Å². The maximum absolute atomic E-state index is 5.87. The molecule has 1 aromatic rings. The van der Waals surface area contributed by atoms with E-state index in [1.807, 2.05) is 19.1 Å². The van der Waals surface area contributed by atoms with E-state index in [0.29, 0.717) is 12.6 Å². The van der Waals surface area contributed by atoms with Crippen molar-refractivity contribution in [2.45, 2.75) is 26.0 Å². The van der Waals surface area contributed by atoms with Crippen LogP contribution in [0.3, 0.4) is 0 Å². The average Bonchev–Trinajstić information content (AvgIpc) is 2.37. The molecule has 1 saturated heterocycles. The number of hydrogen-bond donors (Lipinski definition) is 1. The molecule has 1 N–H and O–H groups in total. The molecule has 98 valence electrons. The van der Waals surface area contributed by atoms with Gasteiger partial charge >= 0.3 is 0 Å². The molecule has 0 bridgehead atoms. The van der Waals surface area contributed by atoms with Gasteiger partial charge in [-0.15, -0.1) is 0 Å². The fourth-order valence-electron chi connectivity index (χ4n) is 2.59. The summed E-state index contributed by atoms with van der Waals surface area (Å²) in [6.45, 7) is 7.91. The zero-order chi connectivity index (χ0) is 12.5. The molecule has 0 amide bonds. The Morgan fingerprint density at radius 2 is 2.22 bits per heavy atom. The van der Waals surface area contributed by atoms with Crippen LogP contribution in [0.5, 0.6) is 11.5 Å². The maximum Gasteiger partial charge on any atom is 0.184 e. The van der Waals surface area contributed by atoms with Gasteiger partial charge in [-0.3, -0.25) is 0 Å². The quantitative estimate of drug-likeness (QED) is 0.819. The molecule has 0 saturated carbocycles. The van der Waals surface area contributed by atoms with E-state index >= 15 is 0 Å². The Morgan fingerprint density at radius 1 is 1.33 bits per heavy atom. The van der Waals surface area contributed by atoms with Gasteiger partial charge in [0.1, 0.15) is 12.7 Å². The first-order chi connectivity index (χ1) is 8.74. The van der Waals surface area contributed by atoms with Gasteiger partial charge in [0.2, 0.25) is 0 Å². The number of benzene rings is 1. The minimum Gasteiger partial charge on any atom is -0.484 e. The highest BCUT2D eigenvalue weighted by Gasteiger charge is 2.25. The van der Waals surface area contributed by atoms with Crippen LogP contribution in [0.25, 0.3) is 0 Å². The second kappa shape index (κ2) is 4.69. The summed E-state index contributed by atoms with van der Waals surface area (Å²) in [4.78, 5) is 2.37. The molecule has 0 aromatic heterocycles. The van der Waals surface area contributed by atoms with Crippen LogP contribution < -0.4 is 19.7 Å². The van der Waals surface area contributed by atoms with E-state index in [1.165, 1.54) is 0 Å². The topological polar surface area (TPSA) is 33.7 Å². The van der Waals surface area contributed by atoms with Crippen molar-refractivity contribution < 1.29 is 9.47 Å². The van der Waals surface area contributed by atoms with Crippen LogP contribution in [0.1, 0.15) is 13.8 Å². The molecule has 2 heterocycles. The standard InChI is InChI=1S/C14H20N2O2/c1-10-8-16(7-6-15-10)12-4-3-5-13-14(12)17-9-11(2)18-13/h3-5,10-11,15H,6-9H2,1-2H3. The summed E-state index contributed by atoms with van der Waals surface area (Å²) in [6, 6.07) is 6.66. The van der Waals surface area contributed by atoms with E-state index < -0.39 is 0 Å². The molecular formula is C14H20N2O2. The normalized spacial score (nSPS) is 27.1. The second-order valence-corrected chi connectivity index (χ2v) is 5.15. The molecule has 2 unspecified atom stereocenters. The van der Waals surface area contributed by atoms with E-state index in [2.05, 4.69) is 23.2 Å². The third kappa shape index (κ3) is 2.12. The van der Waals surface area contributed by atoms with Crippen molar-refractivity contribution in [3.8, 4) is 11.5 Å². The summed E-state index contributed by atoms with van der Waals surface area (Å²) >= 11 is 0. The van der Waals surface area contributed by atoms with Crippen molar-refractivity contribution in [3.05, 3.63) is 18.2 Å². The van der Waals surface area contributed by atoms with E-state index in [9.17, 15) is 0 Å². The molecule has 2 aliphatic rings. The number of nitrogens with one attached hydrogen (secondary N) is 1. The highest BCUT2D eigenvalue weighted by molar-refractivity contribution is 5.65. The van der Waals surface area contributed by atoms with Gasteiger partial charge in [0.25, 0.3) is 0 Å². The van der Waals surface area contributed by atoms with Gasteiger partial charge < -0.3 is 19.7 Å². The molecule has 0 spiro atoms. The highest BCUT2D eigenvalue weighted by atomic mass is 16.6. The van der Waals surface area contributed by atoms with Crippen molar-refractivity contribution in [3.63, 3.8) is 0 Å². The van der Waals surface area contributed by atoms with Crippen molar-refractivity contribution in [1.29, 1.82) is 0 Å². The predicted octanol–water partition coefficient (Wildman–Crippen LogP) is 1.64. The largest absolute Gasteiger partial charge is 0.484 e. The molecule has 1 fully saturated rings. The number of ether oxygens (including phenoxy) is 2. The predicted molar refractivity (Wildman–Crippen MR) is 71.7 cm³/mol. The molecule has 2 aliphatic heterocycles. The van der Waals surface area contributed by atoms with Crippen molar-refractivity contribution in [2.75, 3.05) is 31.1 Å². The first kappa shape index (κ1) is 11.7. The number of para-hydroxylation sites is 1. The fourth-order valence-corrected chi connectivity index (χ4v) is 2.59. The van der Waals surface area contributed by atoms with E-state index in [4.69, 9.17) is 9.47 Å². The van der Waals surface area contributed by atoms with Crippen LogP contribution in [-0.4, -0.2) is 38.4 Å². The molecule has 4 heteroatoms. The number of piperazine rings is 1. The van der Waals surface area contributed by atoms with Crippen LogP contribution in [0, 0.1) is 0 Å². The Balaban J connectivity index is 1.90. The van der Waals surface area contributed by atoms with Gasteiger partial charge in [0.15, 0.2) is 11.5 Å². The Labute approximate surface area is 108 Å². The minimum atomic E-state index is 0.134. The van der Waals surface area contributed by atoms with Crippen molar-refractivity contribution in [1.82, 2.24) is 5.32 Å². The highest BCUT2D eigenvalue weighted by Crippen LogP contribution is 2.40. The van der Waals surface area contributed by atoms with Gasteiger partial charge in [-0.2, -0.15) is 0 Å². The van der Waals surface area contributed by atoms with Gasteiger partial charge in [-0.25, -0.2) is 0 Å². The third-order valence-corrected chi connectivity index (χ3v) is 3.46. The summed E-state index contributed by atoms with van der Waals surface area (Å²) in [5.74, 6) is 1.78. The third-order valence-electron chi connectivity index (χ3n) is 3.46. The molecule has 4 nitrogen and oxygen atoms in total. The van der Waals surface area contributed by atoms with Gasteiger partial charge in [0.05, 0.1) is 5.69 Å². The van der Waals surface area contributed by atoms with E-state index in [0.717, 1.165) is 36.8 Å². The smallest absolute Gasteiger partial charge is 0.184 e. The van der Waals surface area contributed by atoms with Crippen LogP contribution in [0.15, 0.2) is 18.2 Å². The van der Waals surface area contributed by atoms with Crippen molar-refractivity contribution >= 4 is 5.69 Å². The molecule has 2 atom stereocenters. The Hall–Kier alpha value is -1.42. The van der Waals surface area contributed by atoms with Gasteiger partial charge in [-0.05, 0) is 26.0 Å². The summed E-state index contributed by atoms with van der Waals surface area (Å²) in [6.07, 6.45) is 0.134. The van der Waals surface area contributed by atoms with Gasteiger partial charge in [0, 0.05) is 25.7 Å². The fraction of sp³-hybridized carbons (Fsp3) is 0.571. The lowest BCUT2D eigenvalue weighted by Gasteiger charge is -2.36. The van der Waals surface area contributed by atoms with Crippen LogP contribution in [0.4, 0.5) is 5.69 Å². The number of nitrogens with zero attached hydrogens (tertiary/aromatic N) is 1. The lowest BCUT2D eigenvalue weighted by molar-refractivity contribution is 0.104. The summed E-state index contributed by atoms with van der Waals surface area (Å²) in [7, 11) is 0. The van der Waals surface area contributed by atoms with E-state index in [-0.39, 0.29) is 6.10 Å². The molecular weight excluding hydrogens is 228 g/mol. The zero-order valence-corrected chi connectivity index (χ0v) is 11.0. The zero-order valence-electron chi connectivity index (χ0n) is 11.0. The molecule has 0 aliphatic carbocycles. The SMILES string of the molecule is CC1CN(c2cccc3c2OCC(C)O3)CCN1. The van der Waals surface area contributed by atoms with Crippen LogP contribution >= 0.6 is 0 Å². The Bertz CT molecular complexity index is 436. The first-order valence-electron chi connectivity index (χ1n) is 6.65. The Kier molecular flexibility index (Phi) is 3.04. The Morgan fingerprint density at radius 3 is 3.06 bits per heavy atom. The number of hydrogen-bond acceptors (Lipinski definition) is 4. The molecule has 3 rings (SSSR count). The molecule has 18 heavy (non-hydrogen) atoms. The molecule has 1 aromatic carbocycles. The summed E-state index contributed by atoms with van der Waals surface area (Å²) < 4.78 is 11.7. The number of rotatable bonds is 1. The maximum atomic E-state index is 5.87. The monoisotopic (exact) mass is 248 g/mol. The minimum absolute atomic E-state index is 0.134. The lowest BCUT2D eigenvalue weighted by atomic mass is 10.1. The lowest BCUT2D eigenvalue weighted by Crippen LogP contribution is -2.49.